The monoisotopic (exact) mass is 276 g/mol. The summed E-state index contributed by atoms with van der Waals surface area (Å²) in [5, 5.41) is 0. The van der Waals surface area contributed by atoms with Crippen LogP contribution in [0.25, 0.3) is 0 Å². The first kappa shape index (κ1) is 14.3. The minimum absolute atomic E-state index is 0.0781. The number of aldehydes is 1. The molecule has 1 aromatic rings. The second-order valence-corrected chi connectivity index (χ2v) is 3.40. The normalized spacial score (nSPS) is 9.07. The molecule has 0 bridgehead atoms. The molecule has 2 nitrogen and oxygen atoms in total. The number of carbonyl (C=O) groups is 1. The highest BCUT2D eigenvalue weighted by Crippen LogP contribution is 2.16. The van der Waals surface area contributed by atoms with E-state index in [4.69, 9.17) is 4.74 Å². The smallest absolute Gasteiger partial charge is 0.153 e. The lowest BCUT2D eigenvalue weighted by Crippen LogP contribution is -1.86. The van der Waals surface area contributed by atoms with Crippen LogP contribution >= 0.6 is 15.9 Å². The van der Waals surface area contributed by atoms with Gasteiger partial charge in [0.05, 0.1) is 10.0 Å². The van der Waals surface area contributed by atoms with E-state index in [1.807, 2.05) is 13.8 Å². The van der Waals surface area contributed by atoms with Gasteiger partial charge in [-0.25, -0.2) is 4.39 Å². The molecule has 0 fully saturated rings. The van der Waals surface area contributed by atoms with E-state index in [0.717, 1.165) is 13.2 Å². The average molecular weight is 277 g/mol. The van der Waals surface area contributed by atoms with Crippen LogP contribution < -0.4 is 0 Å². The Morgan fingerprint density at radius 1 is 1.40 bits per heavy atom. The van der Waals surface area contributed by atoms with Crippen molar-refractivity contribution in [2.24, 2.45) is 0 Å². The standard InChI is InChI=1S/C7H4BrFO.C4H10O/c8-6-3-1-2-5(4-10)7(6)9;1-3-5-4-2/h1-4H;3-4H2,1-2H3. The Morgan fingerprint density at radius 2 is 2.00 bits per heavy atom. The number of hydrogen-bond acceptors (Lipinski definition) is 2. The van der Waals surface area contributed by atoms with Gasteiger partial charge in [-0.05, 0) is 41.9 Å². The van der Waals surface area contributed by atoms with Gasteiger partial charge < -0.3 is 4.74 Å². The third-order valence-electron chi connectivity index (χ3n) is 1.52. The molecule has 15 heavy (non-hydrogen) atoms. The van der Waals surface area contributed by atoms with Crippen LogP contribution in [-0.2, 0) is 4.74 Å². The van der Waals surface area contributed by atoms with Gasteiger partial charge in [0.25, 0.3) is 0 Å². The summed E-state index contributed by atoms with van der Waals surface area (Å²) in [6.07, 6.45) is 0.486. The Balaban J connectivity index is 0.000000336. The lowest BCUT2D eigenvalue weighted by molar-refractivity contribution is 0.111. The van der Waals surface area contributed by atoms with E-state index in [1.54, 1.807) is 12.1 Å². The molecule has 0 heterocycles. The molecule has 0 spiro atoms. The zero-order valence-corrected chi connectivity index (χ0v) is 10.4. The summed E-state index contributed by atoms with van der Waals surface area (Å²) in [5.74, 6) is -0.502. The van der Waals surface area contributed by atoms with E-state index < -0.39 is 5.82 Å². The predicted molar refractivity (Wildman–Crippen MR) is 61.7 cm³/mol. The molecular weight excluding hydrogens is 263 g/mol. The van der Waals surface area contributed by atoms with Crippen LogP contribution in [0.4, 0.5) is 4.39 Å². The summed E-state index contributed by atoms with van der Waals surface area (Å²) < 4.78 is 17.9. The molecule has 0 N–H and O–H groups in total. The maximum Gasteiger partial charge on any atom is 0.153 e. The quantitative estimate of drug-likeness (QED) is 0.791. The Bertz CT molecular complexity index is 301. The van der Waals surface area contributed by atoms with Crippen LogP contribution in [0.1, 0.15) is 24.2 Å². The molecule has 1 rings (SSSR count). The van der Waals surface area contributed by atoms with Crippen LogP contribution in [0.15, 0.2) is 22.7 Å². The number of hydrogen-bond donors (Lipinski definition) is 0. The first-order valence-corrected chi connectivity index (χ1v) is 5.43. The second kappa shape index (κ2) is 8.56. The third-order valence-corrected chi connectivity index (χ3v) is 2.13. The number of halogens is 2. The molecule has 0 aliphatic carbocycles. The molecule has 0 atom stereocenters. The topological polar surface area (TPSA) is 26.3 Å². The summed E-state index contributed by atoms with van der Waals surface area (Å²) in [6, 6.07) is 4.58. The van der Waals surface area contributed by atoms with Gasteiger partial charge >= 0.3 is 0 Å². The largest absolute Gasteiger partial charge is 0.382 e. The van der Waals surface area contributed by atoms with Gasteiger partial charge in [-0.3, -0.25) is 4.79 Å². The molecule has 0 amide bonds. The first-order valence-electron chi connectivity index (χ1n) is 4.64. The van der Waals surface area contributed by atoms with Crippen molar-refractivity contribution in [3.8, 4) is 0 Å². The highest BCUT2D eigenvalue weighted by Gasteiger charge is 2.02. The fourth-order valence-corrected chi connectivity index (χ4v) is 1.20. The molecule has 0 radical (unpaired) electrons. The highest BCUT2D eigenvalue weighted by atomic mass is 79.9. The van der Waals surface area contributed by atoms with Crippen LogP contribution in [0, 0.1) is 5.82 Å². The summed E-state index contributed by atoms with van der Waals surface area (Å²) in [6.45, 7) is 5.67. The van der Waals surface area contributed by atoms with Crippen LogP contribution in [-0.4, -0.2) is 19.5 Å². The molecular formula is C11H14BrFO2. The SMILES string of the molecule is CCOCC.O=Cc1cccc(Br)c1F. The van der Waals surface area contributed by atoms with Crippen molar-refractivity contribution in [3.63, 3.8) is 0 Å². The summed E-state index contributed by atoms with van der Waals surface area (Å²) in [5.41, 5.74) is 0.0781. The van der Waals surface area contributed by atoms with Gasteiger partial charge in [0.15, 0.2) is 6.29 Å². The fraction of sp³-hybridized carbons (Fsp3) is 0.364. The zero-order chi connectivity index (χ0) is 11.7. The number of benzene rings is 1. The van der Waals surface area contributed by atoms with Crippen molar-refractivity contribution < 1.29 is 13.9 Å². The van der Waals surface area contributed by atoms with E-state index in [2.05, 4.69) is 15.9 Å². The Hall–Kier alpha value is -0.740. The molecule has 0 unspecified atom stereocenters. The van der Waals surface area contributed by atoms with Crippen molar-refractivity contribution >= 4 is 22.2 Å². The average Bonchev–Trinajstić information content (AvgIpc) is 2.24. The van der Waals surface area contributed by atoms with E-state index in [0.29, 0.717) is 10.8 Å². The van der Waals surface area contributed by atoms with E-state index >= 15 is 0 Å². The maximum atomic E-state index is 12.7. The van der Waals surface area contributed by atoms with E-state index in [1.165, 1.54) is 6.07 Å². The van der Waals surface area contributed by atoms with Crippen LogP contribution in [0.2, 0.25) is 0 Å². The molecule has 0 aliphatic rings. The zero-order valence-electron chi connectivity index (χ0n) is 8.80. The summed E-state index contributed by atoms with van der Waals surface area (Å²) >= 11 is 2.95. The second-order valence-electron chi connectivity index (χ2n) is 2.54. The minimum atomic E-state index is -0.502. The van der Waals surface area contributed by atoms with Crippen LogP contribution in [0.5, 0.6) is 0 Å². The Kier molecular flexibility index (Phi) is 8.14. The number of carbonyl (C=O) groups excluding carboxylic acids is 1. The predicted octanol–water partition coefficient (Wildman–Crippen LogP) is 3.44. The maximum absolute atomic E-state index is 12.7. The summed E-state index contributed by atoms with van der Waals surface area (Å²) in [4.78, 5) is 10.1. The Labute approximate surface area is 97.6 Å². The van der Waals surface area contributed by atoms with Gasteiger partial charge in [0.1, 0.15) is 5.82 Å². The molecule has 0 aromatic heterocycles. The van der Waals surface area contributed by atoms with Gasteiger partial charge in [0.2, 0.25) is 0 Å². The van der Waals surface area contributed by atoms with Gasteiger partial charge in [-0.2, -0.15) is 0 Å². The molecule has 0 saturated carbocycles. The van der Waals surface area contributed by atoms with Crippen molar-refractivity contribution in [1.29, 1.82) is 0 Å². The van der Waals surface area contributed by atoms with Crippen molar-refractivity contribution in [2.75, 3.05) is 13.2 Å². The fourth-order valence-electron chi connectivity index (χ4n) is 0.816. The molecule has 84 valence electrons. The van der Waals surface area contributed by atoms with Gasteiger partial charge in [0, 0.05) is 13.2 Å². The third kappa shape index (κ3) is 5.64. The van der Waals surface area contributed by atoms with E-state index in [9.17, 15) is 9.18 Å². The highest BCUT2D eigenvalue weighted by molar-refractivity contribution is 9.10. The minimum Gasteiger partial charge on any atom is -0.382 e. The molecule has 4 heteroatoms. The van der Waals surface area contributed by atoms with Gasteiger partial charge in [-0.15, -0.1) is 0 Å². The van der Waals surface area contributed by atoms with E-state index in [-0.39, 0.29) is 5.56 Å². The molecule has 1 aromatic carbocycles. The number of ether oxygens (including phenoxy) is 1. The van der Waals surface area contributed by atoms with Crippen molar-refractivity contribution in [2.45, 2.75) is 13.8 Å². The summed E-state index contributed by atoms with van der Waals surface area (Å²) in [7, 11) is 0. The number of rotatable bonds is 3. The van der Waals surface area contributed by atoms with Crippen molar-refractivity contribution in [1.82, 2.24) is 0 Å². The lowest BCUT2D eigenvalue weighted by atomic mass is 10.2. The van der Waals surface area contributed by atoms with Crippen molar-refractivity contribution in [3.05, 3.63) is 34.1 Å². The Morgan fingerprint density at radius 3 is 2.33 bits per heavy atom. The van der Waals surface area contributed by atoms with Crippen LogP contribution in [0.3, 0.4) is 0 Å². The molecule has 0 aliphatic heterocycles. The van der Waals surface area contributed by atoms with Gasteiger partial charge in [-0.1, -0.05) is 6.07 Å². The first-order chi connectivity index (χ1) is 7.17. The lowest BCUT2D eigenvalue weighted by Gasteiger charge is -1.94. The molecule has 0 saturated heterocycles.